The van der Waals surface area contributed by atoms with E-state index in [0.717, 1.165) is 6.42 Å². The van der Waals surface area contributed by atoms with Crippen LogP contribution in [0.2, 0.25) is 0 Å². The van der Waals surface area contributed by atoms with Crippen molar-refractivity contribution in [2.24, 2.45) is 0 Å². The van der Waals surface area contributed by atoms with Crippen molar-refractivity contribution in [3.05, 3.63) is 39.9 Å². The van der Waals surface area contributed by atoms with Gasteiger partial charge in [0.1, 0.15) is 0 Å². The van der Waals surface area contributed by atoms with Crippen LogP contribution in [0.5, 0.6) is 0 Å². The quantitative estimate of drug-likeness (QED) is 0.366. The predicted molar refractivity (Wildman–Crippen MR) is 75.5 cm³/mol. The van der Waals surface area contributed by atoms with Gasteiger partial charge in [0.15, 0.2) is 0 Å². The predicted octanol–water partition coefficient (Wildman–Crippen LogP) is 1.98. The molecule has 0 bridgehead atoms. The van der Waals surface area contributed by atoms with E-state index in [0.29, 0.717) is 19.7 Å². The third-order valence-corrected chi connectivity index (χ3v) is 3.35. The molecule has 0 saturated carbocycles. The first kappa shape index (κ1) is 15.9. The minimum Gasteiger partial charge on any atom is -0.375 e. The lowest BCUT2D eigenvalue weighted by atomic mass is 10.2. The summed E-state index contributed by atoms with van der Waals surface area (Å²) >= 11 is 0. The molecule has 1 saturated heterocycles. The van der Waals surface area contributed by atoms with Crippen LogP contribution < -0.4 is 0 Å². The number of esters is 1. The fourth-order valence-electron chi connectivity index (χ4n) is 2.05. The van der Waals surface area contributed by atoms with E-state index in [9.17, 15) is 19.7 Å². The molecule has 8 nitrogen and oxygen atoms in total. The maximum atomic E-state index is 11.9. The number of benzene rings is 1. The normalized spacial score (nSPS) is 17.9. The summed E-state index contributed by atoms with van der Waals surface area (Å²) in [5.74, 6) is -0.834. The van der Waals surface area contributed by atoms with Crippen LogP contribution in [0.1, 0.15) is 23.7 Å². The number of nitro groups is 1. The van der Waals surface area contributed by atoms with Crippen LogP contribution in [0.25, 0.3) is 0 Å². The first-order chi connectivity index (χ1) is 10.5. The van der Waals surface area contributed by atoms with Gasteiger partial charge in [-0.2, -0.15) is 0 Å². The van der Waals surface area contributed by atoms with Crippen molar-refractivity contribution in [3.63, 3.8) is 0 Å². The molecule has 0 N–H and O–H groups in total. The molecule has 1 aliphatic rings. The summed E-state index contributed by atoms with van der Waals surface area (Å²) in [5, 5.41) is 10.5. The van der Waals surface area contributed by atoms with Crippen LogP contribution in [0.3, 0.4) is 0 Å². The topological polar surface area (TPSA) is 99.0 Å². The highest BCUT2D eigenvalue weighted by atomic mass is 16.6. The standard InChI is InChI=1S/C14H16N2O6/c1-2-12-9-15(7-8-21-12)14(18)22-13(17)10-3-5-11(6-4-10)16(19)20/h3-6,12H,2,7-9H2,1H3. The summed E-state index contributed by atoms with van der Waals surface area (Å²) in [6, 6.07) is 4.87. The molecule has 22 heavy (non-hydrogen) atoms. The van der Waals surface area contributed by atoms with E-state index in [4.69, 9.17) is 9.47 Å². The summed E-state index contributed by atoms with van der Waals surface area (Å²) in [5.41, 5.74) is -0.0545. The van der Waals surface area contributed by atoms with Gasteiger partial charge in [-0.25, -0.2) is 9.59 Å². The summed E-state index contributed by atoms with van der Waals surface area (Å²) in [4.78, 5) is 35.2. The first-order valence-corrected chi connectivity index (χ1v) is 6.88. The van der Waals surface area contributed by atoms with E-state index >= 15 is 0 Å². The van der Waals surface area contributed by atoms with Gasteiger partial charge in [-0.3, -0.25) is 10.1 Å². The van der Waals surface area contributed by atoms with Gasteiger partial charge in [0, 0.05) is 18.7 Å². The highest BCUT2D eigenvalue weighted by molar-refractivity contribution is 5.96. The fraction of sp³-hybridized carbons (Fsp3) is 0.429. The molecular formula is C14H16N2O6. The average Bonchev–Trinajstić information content (AvgIpc) is 2.54. The first-order valence-electron chi connectivity index (χ1n) is 6.88. The minimum absolute atomic E-state index is 0.0595. The van der Waals surface area contributed by atoms with Gasteiger partial charge in [-0.15, -0.1) is 0 Å². The number of ether oxygens (including phenoxy) is 2. The van der Waals surface area contributed by atoms with Crippen LogP contribution >= 0.6 is 0 Å². The lowest BCUT2D eigenvalue weighted by Gasteiger charge is -2.31. The van der Waals surface area contributed by atoms with Crippen LogP contribution in [0.4, 0.5) is 10.5 Å². The van der Waals surface area contributed by atoms with Crippen molar-refractivity contribution in [1.82, 2.24) is 4.90 Å². The maximum Gasteiger partial charge on any atom is 0.417 e. The monoisotopic (exact) mass is 308 g/mol. The number of nitrogens with zero attached hydrogens (tertiary/aromatic N) is 2. The van der Waals surface area contributed by atoms with Gasteiger partial charge >= 0.3 is 12.1 Å². The molecule has 0 aliphatic carbocycles. The van der Waals surface area contributed by atoms with Crippen molar-refractivity contribution in [1.29, 1.82) is 0 Å². The second kappa shape index (κ2) is 6.99. The lowest BCUT2D eigenvalue weighted by molar-refractivity contribution is -0.384. The number of rotatable bonds is 3. The Bertz CT molecular complexity index is 571. The number of non-ortho nitro benzene ring substituents is 1. The van der Waals surface area contributed by atoms with Crippen molar-refractivity contribution < 1.29 is 24.0 Å². The Hall–Kier alpha value is -2.48. The summed E-state index contributed by atoms with van der Waals surface area (Å²) in [7, 11) is 0. The molecule has 0 aromatic heterocycles. The Morgan fingerprint density at radius 1 is 1.41 bits per heavy atom. The Morgan fingerprint density at radius 3 is 2.68 bits per heavy atom. The smallest absolute Gasteiger partial charge is 0.375 e. The van der Waals surface area contributed by atoms with E-state index in [-0.39, 0.29) is 17.4 Å². The number of amides is 1. The van der Waals surface area contributed by atoms with Gasteiger partial charge in [-0.1, -0.05) is 6.92 Å². The van der Waals surface area contributed by atoms with Crippen LogP contribution in [-0.2, 0) is 9.47 Å². The van der Waals surface area contributed by atoms with Gasteiger partial charge in [0.25, 0.3) is 5.69 Å². The number of carbonyl (C=O) groups excluding carboxylic acids is 2. The zero-order valence-corrected chi connectivity index (χ0v) is 12.1. The largest absolute Gasteiger partial charge is 0.417 e. The summed E-state index contributed by atoms with van der Waals surface area (Å²) < 4.78 is 10.2. The van der Waals surface area contributed by atoms with E-state index in [1.165, 1.54) is 29.2 Å². The van der Waals surface area contributed by atoms with Crippen molar-refractivity contribution in [2.45, 2.75) is 19.4 Å². The highest BCUT2D eigenvalue weighted by Gasteiger charge is 2.26. The lowest BCUT2D eigenvalue weighted by Crippen LogP contribution is -2.46. The van der Waals surface area contributed by atoms with Crippen LogP contribution in [-0.4, -0.2) is 47.7 Å². The summed E-state index contributed by atoms with van der Waals surface area (Å²) in [6.07, 6.45) is -0.0269. The zero-order valence-electron chi connectivity index (χ0n) is 12.1. The van der Waals surface area contributed by atoms with E-state index in [1.807, 2.05) is 6.92 Å². The average molecular weight is 308 g/mol. The van der Waals surface area contributed by atoms with E-state index in [1.54, 1.807) is 0 Å². The molecule has 1 amide bonds. The molecule has 1 fully saturated rings. The van der Waals surface area contributed by atoms with E-state index < -0.39 is 17.0 Å². The number of morpholine rings is 1. The van der Waals surface area contributed by atoms with Crippen LogP contribution in [0.15, 0.2) is 24.3 Å². The number of hydrogen-bond acceptors (Lipinski definition) is 6. The van der Waals surface area contributed by atoms with Crippen molar-refractivity contribution in [3.8, 4) is 0 Å². The van der Waals surface area contributed by atoms with Gasteiger partial charge in [-0.05, 0) is 18.6 Å². The SMILES string of the molecule is CCC1CN(C(=O)OC(=O)c2ccc([N+](=O)[O-])cc2)CCO1. The number of hydrogen-bond donors (Lipinski definition) is 0. The third-order valence-electron chi connectivity index (χ3n) is 3.35. The third kappa shape index (κ3) is 3.79. The fourth-order valence-corrected chi connectivity index (χ4v) is 2.05. The number of carbonyl (C=O) groups is 2. The van der Waals surface area contributed by atoms with Crippen LogP contribution in [0, 0.1) is 10.1 Å². The molecule has 1 aromatic carbocycles. The minimum atomic E-state index is -0.834. The van der Waals surface area contributed by atoms with Gasteiger partial charge in [0.05, 0.1) is 29.7 Å². The maximum absolute atomic E-state index is 11.9. The second-order valence-electron chi connectivity index (χ2n) is 4.81. The summed E-state index contributed by atoms with van der Waals surface area (Å²) in [6.45, 7) is 3.09. The molecule has 2 rings (SSSR count). The molecule has 1 unspecified atom stereocenters. The highest BCUT2D eigenvalue weighted by Crippen LogP contribution is 2.14. The Balaban J connectivity index is 1.96. The van der Waals surface area contributed by atoms with E-state index in [2.05, 4.69) is 0 Å². The Kier molecular flexibility index (Phi) is 5.05. The Morgan fingerprint density at radius 2 is 2.09 bits per heavy atom. The molecule has 1 aromatic rings. The molecule has 8 heteroatoms. The number of nitro benzene ring substituents is 1. The molecule has 1 heterocycles. The Labute approximate surface area is 126 Å². The van der Waals surface area contributed by atoms with Gasteiger partial charge in [0.2, 0.25) is 0 Å². The molecule has 0 radical (unpaired) electrons. The second-order valence-corrected chi connectivity index (χ2v) is 4.81. The van der Waals surface area contributed by atoms with Gasteiger partial charge < -0.3 is 14.4 Å². The molecular weight excluding hydrogens is 292 g/mol. The molecule has 1 aliphatic heterocycles. The molecule has 0 spiro atoms. The zero-order chi connectivity index (χ0) is 16.1. The van der Waals surface area contributed by atoms with Crippen molar-refractivity contribution >= 4 is 17.7 Å². The molecule has 118 valence electrons. The van der Waals surface area contributed by atoms with Crippen molar-refractivity contribution in [2.75, 3.05) is 19.7 Å². The molecule has 1 atom stereocenters.